The topological polar surface area (TPSA) is 146 Å². The van der Waals surface area contributed by atoms with Crippen molar-refractivity contribution in [2.75, 3.05) is 52.9 Å². The van der Waals surface area contributed by atoms with Gasteiger partial charge in [0.05, 0.1) is 64.8 Å². The van der Waals surface area contributed by atoms with Crippen LogP contribution in [0.5, 0.6) is 0 Å². The number of amides is 1. The van der Waals surface area contributed by atoms with E-state index < -0.39 is 18.1 Å². The minimum atomic E-state index is -0.886. The molecule has 176 valence electrons. The molecule has 0 aliphatic carbocycles. The zero-order valence-electron chi connectivity index (χ0n) is 18.4. The molecule has 0 bridgehead atoms. The number of ketones is 1. The molecule has 0 heterocycles. The number of carbonyl (C=O) groups is 3. The van der Waals surface area contributed by atoms with Crippen molar-refractivity contribution in [1.82, 2.24) is 5.32 Å². The van der Waals surface area contributed by atoms with Crippen LogP contribution in [0.3, 0.4) is 0 Å². The lowest BCUT2D eigenvalue weighted by molar-refractivity contribution is -0.138. The summed E-state index contributed by atoms with van der Waals surface area (Å²) in [5.41, 5.74) is 5.54. The number of carboxylic acid groups (broad SMARTS) is 1. The summed E-state index contributed by atoms with van der Waals surface area (Å²) in [6, 6.07) is -1.18. The highest BCUT2D eigenvalue weighted by molar-refractivity contribution is 5.90. The average molecular weight is 435 g/mol. The van der Waals surface area contributed by atoms with Crippen molar-refractivity contribution in [3.05, 3.63) is 0 Å². The lowest BCUT2D eigenvalue weighted by Gasteiger charge is -2.22. The number of nitrogens with one attached hydrogen (secondary N) is 1. The predicted octanol–water partition coefficient (Wildman–Crippen LogP) is 0.365. The molecule has 2 atom stereocenters. The van der Waals surface area contributed by atoms with Crippen LogP contribution in [0.15, 0.2) is 0 Å². The molecule has 0 aliphatic rings. The van der Waals surface area contributed by atoms with E-state index in [0.29, 0.717) is 59.1 Å². The first-order chi connectivity index (χ1) is 14.3. The molecule has 0 spiro atoms. The zero-order valence-corrected chi connectivity index (χ0v) is 18.4. The molecule has 0 radical (unpaired) electrons. The van der Waals surface area contributed by atoms with Gasteiger partial charge in [-0.1, -0.05) is 13.8 Å². The second-order valence-electron chi connectivity index (χ2n) is 7.18. The summed E-state index contributed by atoms with van der Waals surface area (Å²) < 4.78 is 21.2. The van der Waals surface area contributed by atoms with Crippen molar-refractivity contribution >= 4 is 17.7 Å². The molecule has 0 saturated carbocycles. The van der Waals surface area contributed by atoms with E-state index in [1.165, 1.54) is 0 Å². The number of hydrogen-bond acceptors (Lipinski definition) is 8. The lowest BCUT2D eigenvalue weighted by Crippen LogP contribution is -2.49. The Bertz CT molecular complexity index is 485. The van der Waals surface area contributed by atoms with Crippen LogP contribution in [0, 0.1) is 5.92 Å². The quantitative estimate of drug-likeness (QED) is 0.231. The van der Waals surface area contributed by atoms with Gasteiger partial charge in [0.25, 0.3) is 0 Å². The number of carbonyl (C=O) groups excluding carboxylic acids is 2. The second-order valence-corrected chi connectivity index (χ2v) is 7.18. The Morgan fingerprint density at radius 1 is 0.800 bits per heavy atom. The van der Waals surface area contributed by atoms with Crippen LogP contribution in [0.4, 0.5) is 0 Å². The number of hydrogen-bond donors (Lipinski definition) is 3. The van der Waals surface area contributed by atoms with E-state index in [4.69, 9.17) is 29.8 Å². The normalized spacial score (nSPS) is 13.2. The number of rotatable bonds is 20. The Morgan fingerprint density at radius 3 is 1.70 bits per heavy atom. The van der Waals surface area contributed by atoms with Crippen molar-refractivity contribution in [2.24, 2.45) is 11.7 Å². The van der Waals surface area contributed by atoms with Gasteiger partial charge in [0.2, 0.25) is 5.91 Å². The molecule has 10 heteroatoms. The van der Waals surface area contributed by atoms with E-state index in [9.17, 15) is 14.4 Å². The molecule has 0 aromatic carbocycles. The first kappa shape index (κ1) is 28.4. The smallest absolute Gasteiger partial charge is 0.305 e. The minimum Gasteiger partial charge on any atom is -0.481 e. The van der Waals surface area contributed by atoms with Gasteiger partial charge in [0, 0.05) is 13.0 Å². The summed E-state index contributed by atoms with van der Waals surface area (Å²) in [5.74, 6) is -1.25. The standard InChI is InChI=1S/C20H38N2O8/c1-15(2)19(22-20(26)16(3)21)17(23)5-4-7-27-9-11-29-13-14-30-12-10-28-8-6-18(24)25/h15-16,19H,4-14,21H2,1-3H3,(H,22,26)(H,24,25)/t16-,19-/m1/s1. The maximum atomic E-state index is 12.3. The lowest BCUT2D eigenvalue weighted by atomic mass is 9.96. The highest BCUT2D eigenvalue weighted by Crippen LogP contribution is 2.07. The van der Waals surface area contributed by atoms with Crippen LogP contribution in [0.2, 0.25) is 0 Å². The average Bonchev–Trinajstić information content (AvgIpc) is 2.67. The van der Waals surface area contributed by atoms with Crippen molar-refractivity contribution in [3.63, 3.8) is 0 Å². The first-order valence-corrected chi connectivity index (χ1v) is 10.4. The van der Waals surface area contributed by atoms with E-state index in [-0.39, 0.29) is 30.6 Å². The number of nitrogens with two attached hydrogens (primary N) is 1. The highest BCUT2D eigenvalue weighted by atomic mass is 16.6. The number of Topliss-reactive ketones (excluding diaryl/α,β-unsaturated/α-hetero) is 1. The third kappa shape index (κ3) is 16.2. The summed E-state index contributed by atoms with van der Waals surface area (Å²) in [6.45, 7) is 8.38. The molecule has 0 unspecified atom stereocenters. The molecule has 0 aromatic heterocycles. The highest BCUT2D eigenvalue weighted by Gasteiger charge is 2.24. The molecule has 0 aromatic rings. The maximum absolute atomic E-state index is 12.3. The molecule has 10 nitrogen and oxygen atoms in total. The third-order valence-electron chi connectivity index (χ3n) is 4.01. The molecular formula is C20H38N2O8. The van der Waals surface area contributed by atoms with Crippen molar-refractivity contribution < 1.29 is 38.4 Å². The van der Waals surface area contributed by atoms with Crippen LogP contribution in [0.25, 0.3) is 0 Å². The fourth-order valence-electron chi connectivity index (χ4n) is 2.33. The van der Waals surface area contributed by atoms with Gasteiger partial charge in [0.15, 0.2) is 5.78 Å². The third-order valence-corrected chi connectivity index (χ3v) is 4.01. The molecule has 30 heavy (non-hydrogen) atoms. The molecule has 0 rings (SSSR count). The van der Waals surface area contributed by atoms with Gasteiger partial charge in [0.1, 0.15) is 0 Å². The Morgan fingerprint density at radius 2 is 1.27 bits per heavy atom. The molecule has 0 fully saturated rings. The van der Waals surface area contributed by atoms with Gasteiger partial charge < -0.3 is 35.1 Å². The Kier molecular flexibility index (Phi) is 17.2. The summed E-state index contributed by atoms with van der Waals surface area (Å²) >= 11 is 0. The Balaban J connectivity index is 3.56. The van der Waals surface area contributed by atoms with E-state index in [1.54, 1.807) is 6.92 Å². The van der Waals surface area contributed by atoms with Crippen LogP contribution in [-0.4, -0.2) is 87.7 Å². The number of ether oxygens (including phenoxy) is 4. The molecule has 0 aliphatic heterocycles. The Hall–Kier alpha value is -1.59. The van der Waals surface area contributed by atoms with Gasteiger partial charge in [-0.15, -0.1) is 0 Å². The SMILES string of the molecule is CC(C)[C@@H](NC(=O)[C@@H](C)N)C(=O)CCCOCCOCCOCCOCCC(=O)O. The fourth-order valence-corrected chi connectivity index (χ4v) is 2.33. The van der Waals surface area contributed by atoms with Crippen LogP contribution in [0.1, 0.15) is 40.0 Å². The monoisotopic (exact) mass is 434 g/mol. The van der Waals surface area contributed by atoms with Crippen molar-refractivity contribution in [2.45, 2.75) is 52.1 Å². The van der Waals surface area contributed by atoms with Crippen molar-refractivity contribution in [3.8, 4) is 0 Å². The van der Waals surface area contributed by atoms with Crippen LogP contribution >= 0.6 is 0 Å². The first-order valence-electron chi connectivity index (χ1n) is 10.4. The summed E-state index contributed by atoms with van der Waals surface area (Å²) in [5, 5.41) is 11.1. The maximum Gasteiger partial charge on any atom is 0.305 e. The molecular weight excluding hydrogens is 396 g/mol. The summed E-state index contributed by atoms with van der Waals surface area (Å²) in [6.07, 6.45) is 0.881. The zero-order chi connectivity index (χ0) is 22.8. The number of aliphatic carboxylic acids is 1. The molecule has 0 saturated heterocycles. The van der Waals surface area contributed by atoms with E-state index in [1.807, 2.05) is 13.8 Å². The molecule has 1 amide bonds. The predicted molar refractivity (Wildman–Crippen MR) is 110 cm³/mol. The van der Waals surface area contributed by atoms with Gasteiger partial charge in [-0.05, 0) is 19.3 Å². The van der Waals surface area contributed by atoms with Gasteiger partial charge in [-0.25, -0.2) is 0 Å². The van der Waals surface area contributed by atoms with Gasteiger partial charge in [-0.2, -0.15) is 0 Å². The minimum absolute atomic E-state index is 0.00644. The fraction of sp³-hybridized carbons (Fsp3) is 0.850. The van der Waals surface area contributed by atoms with Gasteiger partial charge >= 0.3 is 5.97 Å². The summed E-state index contributed by atoms with van der Waals surface area (Å²) in [7, 11) is 0. The van der Waals surface area contributed by atoms with Gasteiger partial charge in [-0.3, -0.25) is 14.4 Å². The Labute approximate surface area is 178 Å². The van der Waals surface area contributed by atoms with E-state index >= 15 is 0 Å². The van der Waals surface area contributed by atoms with E-state index in [0.717, 1.165) is 0 Å². The molecule has 4 N–H and O–H groups in total. The van der Waals surface area contributed by atoms with Crippen LogP contribution in [-0.2, 0) is 33.3 Å². The van der Waals surface area contributed by atoms with Crippen LogP contribution < -0.4 is 11.1 Å². The van der Waals surface area contributed by atoms with Crippen molar-refractivity contribution in [1.29, 1.82) is 0 Å². The summed E-state index contributed by atoms with van der Waals surface area (Å²) in [4.78, 5) is 34.3. The largest absolute Gasteiger partial charge is 0.481 e. The second kappa shape index (κ2) is 18.2. The van der Waals surface area contributed by atoms with E-state index in [2.05, 4.69) is 5.32 Å². The number of carboxylic acids is 1.